The first kappa shape index (κ1) is 10.2. The molecule has 0 aliphatic rings. The number of allylic oxidation sites excluding steroid dienone is 4. The topological polar surface area (TPSA) is 17.1 Å². The molecule has 1 heteroatoms. The second-order valence-corrected chi connectivity index (χ2v) is 3.08. The normalized spacial score (nSPS) is 12.9. The highest BCUT2D eigenvalue weighted by Crippen LogP contribution is 2.02. The molecule has 0 amide bonds. The minimum atomic E-state index is 0.690. The molecule has 0 aromatic heterocycles. The molecule has 1 nitrogen and oxygen atoms in total. The lowest BCUT2D eigenvalue weighted by Crippen LogP contribution is -1.81. The molecule has 0 unspecified atom stereocenters. The number of carbonyl (C=O) groups is 1. The van der Waals surface area contributed by atoms with Crippen LogP contribution >= 0.6 is 0 Å². The van der Waals surface area contributed by atoms with Crippen LogP contribution in [0.5, 0.6) is 0 Å². The molecule has 0 spiro atoms. The zero-order valence-electron chi connectivity index (χ0n) is 7.50. The number of rotatable bonds is 4. The smallest absolute Gasteiger partial charge is 0.143 e. The van der Waals surface area contributed by atoms with Crippen molar-refractivity contribution in [2.45, 2.75) is 27.2 Å². The van der Waals surface area contributed by atoms with Crippen LogP contribution in [0.1, 0.15) is 27.2 Å². The van der Waals surface area contributed by atoms with Gasteiger partial charge in [0.1, 0.15) is 6.29 Å². The van der Waals surface area contributed by atoms with Gasteiger partial charge in [-0.25, -0.2) is 0 Å². The van der Waals surface area contributed by atoms with E-state index in [1.807, 2.05) is 13.0 Å². The second kappa shape index (κ2) is 5.90. The Balaban J connectivity index is 3.73. The van der Waals surface area contributed by atoms with Gasteiger partial charge in [0, 0.05) is 0 Å². The third-order valence-corrected chi connectivity index (χ3v) is 1.32. The third kappa shape index (κ3) is 7.04. The van der Waals surface area contributed by atoms with E-state index in [1.165, 1.54) is 0 Å². The largest absolute Gasteiger partial charge is 0.299 e. The highest BCUT2D eigenvalue weighted by Gasteiger charge is 1.86. The first-order valence-corrected chi connectivity index (χ1v) is 3.95. The van der Waals surface area contributed by atoms with E-state index in [0.29, 0.717) is 5.92 Å². The summed E-state index contributed by atoms with van der Waals surface area (Å²) in [6.45, 7) is 6.26. The molecule has 0 bridgehead atoms. The Labute approximate surface area is 68.8 Å². The van der Waals surface area contributed by atoms with Crippen LogP contribution in [0.3, 0.4) is 0 Å². The van der Waals surface area contributed by atoms with Crippen LogP contribution in [-0.4, -0.2) is 6.29 Å². The van der Waals surface area contributed by atoms with E-state index in [9.17, 15) is 4.79 Å². The molecule has 0 atom stereocenters. The number of hydrogen-bond donors (Lipinski definition) is 0. The van der Waals surface area contributed by atoms with Crippen molar-refractivity contribution in [3.05, 3.63) is 23.8 Å². The summed E-state index contributed by atoms with van der Waals surface area (Å²) in [5, 5.41) is 0. The van der Waals surface area contributed by atoms with Crippen molar-refractivity contribution in [1.82, 2.24) is 0 Å². The SMILES string of the molecule is CC(C=CCC(C)C)=CC=O. The van der Waals surface area contributed by atoms with Crippen molar-refractivity contribution in [2.75, 3.05) is 0 Å². The summed E-state index contributed by atoms with van der Waals surface area (Å²) < 4.78 is 0. The quantitative estimate of drug-likeness (QED) is 0.344. The van der Waals surface area contributed by atoms with E-state index in [-0.39, 0.29) is 0 Å². The maximum absolute atomic E-state index is 10.0. The number of hydrogen-bond acceptors (Lipinski definition) is 1. The lowest BCUT2D eigenvalue weighted by atomic mass is 10.1. The maximum atomic E-state index is 10.0. The monoisotopic (exact) mass is 152 g/mol. The summed E-state index contributed by atoms with van der Waals surface area (Å²) in [4.78, 5) is 10.0. The van der Waals surface area contributed by atoms with Gasteiger partial charge in [0.05, 0.1) is 0 Å². The standard InChI is InChI=1S/C10H16O/c1-9(2)5-4-6-10(3)7-8-11/h4,6-9H,5H2,1-3H3. The lowest BCUT2D eigenvalue weighted by Gasteiger charge is -1.95. The molecule has 0 saturated carbocycles. The molecule has 0 aliphatic heterocycles. The third-order valence-electron chi connectivity index (χ3n) is 1.32. The zero-order chi connectivity index (χ0) is 8.69. The molecule has 0 aliphatic carbocycles. The van der Waals surface area contributed by atoms with Crippen LogP contribution < -0.4 is 0 Å². The van der Waals surface area contributed by atoms with Crippen LogP contribution in [0.4, 0.5) is 0 Å². The predicted octanol–water partition coefficient (Wildman–Crippen LogP) is 2.73. The Hall–Kier alpha value is -0.850. The zero-order valence-corrected chi connectivity index (χ0v) is 7.50. The van der Waals surface area contributed by atoms with Crippen LogP contribution in [0.25, 0.3) is 0 Å². The van der Waals surface area contributed by atoms with E-state index in [1.54, 1.807) is 6.08 Å². The summed E-state index contributed by atoms with van der Waals surface area (Å²) in [5.74, 6) is 0.690. The van der Waals surface area contributed by atoms with Gasteiger partial charge in [-0.1, -0.05) is 26.0 Å². The Morgan fingerprint density at radius 1 is 1.45 bits per heavy atom. The van der Waals surface area contributed by atoms with Gasteiger partial charge in [-0.05, 0) is 30.9 Å². The van der Waals surface area contributed by atoms with Crippen LogP contribution in [0.15, 0.2) is 23.8 Å². The summed E-state index contributed by atoms with van der Waals surface area (Å²) in [7, 11) is 0. The van der Waals surface area contributed by atoms with Gasteiger partial charge in [-0.15, -0.1) is 0 Å². The van der Waals surface area contributed by atoms with E-state index >= 15 is 0 Å². The summed E-state index contributed by atoms with van der Waals surface area (Å²) >= 11 is 0. The molecule has 0 rings (SSSR count). The fourth-order valence-corrected chi connectivity index (χ4v) is 0.689. The highest BCUT2D eigenvalue weighted by molar-refractivity contribution is 5.66. The molecule has 11 heavy (non-hydrogen) atoms. The van der Waals surface area contributed by atoms with Gasteiger partial charge in [-0.2, -0.15) is 0 Å². The van der Waals surface area contributed by atoms with Crippen molar-refractivity contribution < 1.29 is 4.79 Å². The number of carbonyl (C=O) groups excluding carboxylic acids is 1. The van der Waals surface area contributed by atoms with Gasteiger partial charge in [0.25, 0.3) is 0 Å². The molecule has 0 aromatic rings. The Bertz CT molecular complexity index is 164. The van der Waals surface area contributed by atoms with Crippen molar-refractivity contribution in [2.24, 2.45) is 5.92 Å². The fraction of sp³-hybridized carbons (Fsp3) is 0.500. The molecule has 0 aromatic carbocycles. The van der Waals surface area contributed by atoms with E-state index in [2.05, 4.69) is 19.9 Å². The second-order valence-electron chi connectivity index (χ2n) is 3.08. The molecule has 0 N–H and O–H groups in total. The Morgan fingerprint density at radius 3 is 2.55 bits per heavy atom. The van der Waals surface area contributed by atoms with Crippen molar-refractivity contribution >= 4 is 6.29 Å². The van der Waals surface area contributed by atoms with Gasteiger partial charge < -0.3 is 0 Å². The highest BCUT2D eigenvalue weighted by atomic mass is 16.1. The van der Waals surface area contributed by atoms with Gasteiger partial charge in [-0.3, -0.25) is 4.79 Å². The van der Waals surface area contributed by atoms with Crippen LogP contribution in [0, 0.1) is 5.92 Å². The fourth-order valence-electron chi connectivity index (χ4n) is 0.689. The first-order valence-electron chi connectivity index (χ1n) is 3.95. The molecule has 0 saturated heterocycles. The molecule has 0 radical (unpaired) electrons. The van der Waals surface area contributed by atoms with Crippen LogP contribution in [-0.2, 0) is 4.79 Å². The van der Waals surface area contributed by atoms with Crippen LogP contribution in [0.2, 0.25) is 0 Å². The summed E-state index contributed by atoms with van der Waals surface area (Å²) in [6.07, 6.45) is 7.53. The minimum absolute atomic E-state index is 0.690. The van der Waals surface area contributed by atoms with Gasteiger partial charge in [0.15, 0.2) is 0 Å². The molecular weight excluding hydrogens is 136 g/mol. The molecule has 0 fully saturated rings. The lowest BCUT2D eigenvalue weighted by molar-refractivity contribution is -0.104. The van der Waals surface area contributed by atoms with Gasteiger partial charge in [0.2, 0.25) is 0 Å². The molecule has 62 valence electrons. The van der Waals surface area contributed by atoms with E-state index in [0.717, 1.165) is 18.3 Å². The summed E-state index contributed by atoms with van der Waals surface area (Å²) in [6, 6.07) is 0. The summed E-state index contributed by atoms with van der Waals surface area (Å²) in [5.41, 5.74) is 1.01. The maximum Gasteiger partial charge on any atom is 0.143 e. The predicted molar refractivity (Wildman–Crippen MR) is 48.4 cm³/mol. The Kier molecular flexibility index (Phi) is 5.44. The van der Waals surface area contributed by atoms with Crippen molar-refractivity contribution in [1.29, 1.82) is 0 Å². The van der Waals surface area contributed by atoms with E-state index in [4.69, 9.17) is 0 Å². The van der Waals surface area contributed by atoms with Crippen molar-refractivity contribution in [3.8, 4) is 0 Å². The average Bonchev–Trinajstić information content (AvgIpc) is 1.87. The molecular formula is C10H16O. The van der Waals surface area contributed by atoms with E-state index < -0.39 is 0 Å². The molecule has 0 heterocycles. The van der Waals surface area contributed by atoms with Crippen molar-refractivity contribution in [3.63, 3.8) is 0 Å². The minimum Gasteiger partial charge on any atom is -0.299 e. The average molecular weight is 152 g/mol. The first-order chi connectivity index (χ1) is 5.16. The Morgan fingerprint density at radius 2 is 2.09 bits per heavy atom. The number of aldehydes is 1. The van der Waals surface area contributed by atoms with Gasteiger partial charge >= 0.3 is 0 Å².